The van der Waals surface area contributed by atoms with E-state index in [0.717, 1.165) is 44.6 Å². The molecule has 0 unspecified atom stereocenters. The molecule has 6 rings (SSSR count). The van der Waals surface area contributed by atoms with Gasteiger partial charge in [-0.25, -0.2) is 33.7 Å². The fourth-order valence-corrected chi connectivity index (χ4v) is 8.14. The Balaban J connectivity index is 0.00000385. The van der Waals surface area contributed by atoms with E-state index >= 15 is 0 Å². The van der Waals surface area contributed by atoms with Crippen molar-refractivity contribution in [2.45, 2.75) is 19.6 Å². The minimum atomic E-state index is -5.48. The first-order valence-electron chi connectivity index (χ1n) is 16.5. The number of hydrogen-bond acceptors (Lipinski definition) is 24. The van der Waals surface area contributed by atoms with Crippen molar-refractivity contribution in [3.8, 4) is 34.5 Å². The van der Waals surface area contributed by atoms with E-state index in [9.17, 15) is 77.5 Å². The van der Waals surface area contributed by atoms with Crippen molar-refractivity contribution in [1.82, 2.24) is 0 Å². The fourth-order valence-electron chi connectivity index (χ4n) is 5.79. The number of phenolic OH excluding ortho intramolecular Hbond substituents is 4. The molecule has 0 bridgehead atoms. The Morgan fingerprint density at radius 1 is 0.507 bits per heavy atom. The smallest absolute Gasteiger partial charge is 0.744 e. The maximum Gasteiger partial charge on any atom is 1.00 e. The minimum Gasteiger partial charge on any atom is -0.744 e. The molecule has 67 heavy (non-hydrogen) atoms. The van der Waals surface area contributed by atoms with E-state index in [1.165, 1.54) is 6.07 Å². The summed E-state index contributed by atoms with van der Waals surface area (Å²) in [6, 6.07) is 10.2. The molecule has 0 radical (unpaired) electrons. The van der Waals surface area contributed by atoms with Crippen molar-refractivity contribution in [3.63, 3.8) is 0 Å². The van der Waals surface area contributed by atoms with Gasteiger partial charge in [-0.2, -0.15) is 0 Å². The van der Waals surface area contributed by atoms with Gasteiger partial charge >= 0.3 is 118 Å². The second-order valence-corrected chi connectivity index (χ2v) is 18.0. The Kier molecular flexibility index (Phi) is 20.4. The molecule has 33 heteroatoms. The first-order valence-corrected chi connectivity index (χ1v) is 22.1. The number of phenols is 4. The standard InChI is InChI=1S/C34H26N6O19S4.4Na/c1-58-25-11-17(3-5-21(25)35-37-31-27(62(52,53)54)9-15-7-19(60(46,47)48)13-23(41)29(15)33(31)43)39-40(45)18-4-6-22(26(12-18)59-2)36-38-32-28(63(55,56)57)10-16-8-20(61(49,50)51)14-24(42)30(16)34(32)44;;;;/h3-14,41-44H,1-2H3,(H,46,47,48)(H,49,50,51)(H,52,53,54)(H,55,56,57);;;;/q;4*+1/p-4. The number of benzene rings is 6. The Labute approximate surface area is 467 Å². The van der Waals surface area contributed by atoms with Gasteiger partial charge in [0.1, 0.15) is 86.2 Å². The zero-order valence-electron chi connectivity index (χ0n) is 35.2. The Hall–Kier alpha value is -3.12. The molecule has 0 spiro atoms. The van der Waals surface area contributed by atoms with Crippen molar-refractivity contribution in [2.75, 3.05) is 14.2 Å². The molecule has 0 aliphatic heterocycles. The van der Waals surface area contributed by atoms with Crippen LogP contribution in [0.5, 0.6) is 34.5 Å². The third kappa shape index (κ3) is 13.2. The average molecular weight is 1040 g/mol. The first kappa shape index (κ1) is 60.0. The maximum atomic E-state index is 13.1. The van der Waals surface area contributed by atoms with Gasteiger partial charge in [0.15, 0.2) is 17.2 Å². The predicted molar refractivity (Wildman–Crippen MR) is 206 cm³/mol. The SMILES string of the molecule is COc1cc(N=[N+]([O-])c2ccc(N=Nc3c(S(=O)(=O)[O-])cc4cc(S(=O)(=O)[O-])cc(O)c4c3O)c(OC)c2)ccc1N=Nc1c(S(=O)(=O)[O-])cc2cc(S(=O)(=O)[O-])cc(O)c2c1O.[Na+].[Na+].[Na+].[Na+]. The van der Waals surface area contributed by atoms with Crippen molar-refractivity contribution < 1.29 is 205 Å². The quantitative estimate of drug-likeness (QED) is 0.0291. The minimum absolute atomic E-state index is 0. The van der Waals surface area contributed by atoms with Crippen LogP contribution in [-0.4, -0.2) is 91.4 Å². The van der Waals surface area contributed by atoms with Crippen molar-refractivity contribution in [2.24, 2.45) is 25.6 Å². The van der Waals surface area contributed by atoms with Gasteiger partial charge in [-0.15, -0.1) is 20.5 Å². The number of methoxy groups -OCH3 is 2. The van der Waals surface area contributed by atoms with E-state index in [0.29, 0.717) is 36.4 Å². The number of ether oxygens (including phenoxy) is 2. The van der Waals surface area contributed by atoms with E-state index in [-0.39, 0.29) is 157 Å². The van der Waals surface area contributed by atoms with Crippen LogP contribution in [0.4, 0.5) is 34.1 Å². The van der Waals surface area contributed by atoms with Crippen LogP contribution < -0.4 is 128 Å². The molecule has 25 nitrogen and oxygen atoms in total. The third-order valence-electron chi connectivity index (χ3n) is 8.59. The molecular weight excluding hydrogens is 1020 g/mol. The zero-order chi connectivity index (χ0) is 46.6. The van der Waals surface area contributed by atoms with E-state index in [2.05, 4.69) is 25.6 Å². The number of fused-ring (bicyclic) bond motifs is 2. The van der Waals surface area contributed by atoms with Gasteiger partial charge in [0, 0.05) is 17.2 Å². The van der Waals surface area contributed by atoms with Crippen LogP contribution in [0.25, 0.3) is 21.5 Å². The van der Waals surface area contributed by atoms with Gasteiger partial charge in [0.25, 0.3) is 0 Å². The molecule has 0 fully saturated rings. The number of azo groups is 3. The monoisotopic (exact) mass is 1040 g/mol. The number of nitrogens with zero attached hydrogens (tertiary/aromatic N) is 6. The molecule has 4 N–H and O–H groups in total. The topological polar surface area (TPSA) is 416 Å². The van der Waals surface area contributed by atoms with Crippen LogP contribution in [0.2, 0.25) is 0 Å². The van der Waals surface area contributed by atoms with Crippen molar-refractivity contribution in [1.29, 1.82) is 0 Å². The molecule has 0 saturated heterocycles. The van der Waals surface area contributed by atoms with Crippen LogP contribution in [0.3, 0.4) is 0 Å². The molecule has 0 aliphatic rings. The molecule has 0 aliphatic carbocycles. The van der Waals surface area contributed by atoms with Gasteiger partial charge in [-0.1, -0.05) is 0 Å². The molecule has 0 amide bonds. The summed E-state index contributed by atoms with van der Waals surface area (Å²) in [4.78, 5) is -4.34. The van der Waals surface area contributed by atoms with Crippen LogP contribution >= 0.6 is 0 Å². The molecule has 6 aromatic rings. The summed E-state index contributed by atoms with van der Waals surface area (Å²) < 4.78 is 152. The van der Waals surface area contributed by atoms with E-state index < -0.39 is 116 Å². The molecule has 0 saturated carbocycles. The van der Waals surface area contributed by atoms with Gasteiger partial charge in [0.2, 0.25) is 5.69 Å². The first-order chi connectivity index (χ1) is 29.2. The Morgan fingerprint density at radius 3 is 1.27 bits per heavy atom. The van der Waals surface area contributed by atoms with Gasteiger partial charge in [0.05, 0.1) is 50.6 Å². The molecule has 0 atom stereocenters. The summed E-state index contributed by atoms with van der Waals surface area (Å²) in [7, 11) is -19.0. The second kappa shape index (κ2) is 22.7. The average Bonchev–Trinajstić information content (AvgIpc) is 3.18. The van der Waals surface area contributed by atoms with Gasteiger partial charge < -0.3 is 53.3 Å². The summed E-state index contributed by atoms with van der Waals surface area (Å²) in [6.45, 7) is 0. The number of hydrogen-bond donors (Lipinski definition) is 4. The Bertz CT molecular complexity index is 3510. The van der Waals surface area contributed by atoms with Crippen LogP contribution in [0, 0.1) is 5.21 Å². The van der Waals surface area contributed by atoms with Gasteiger partial charge in [-0.3, -0.25) is 0 Å². The predicted octanol–water partition coefficient (Wildman–Crippen LogP) is -6.78. The molecular formula is C34H22N6Na4O19S4. The van der Waals surface area contributed by atoms with Gasteiger partial charge in [-0.05, 0) is 70.2 Å². The van der Waals surface area contributed by atoms with E-state index in [1.54, 1.807) is 0 Å². The molecule has 330 valence electrons. The summed E-state index contributed by atoms with van der Waals surface area (Å²) in [5.74, 6) is -4.60. The fraction of sp³-hybridized carbons (Fsp3) is 0.0588. The third-order valence-corrected chi connectivity index (χ3v) is 11.9. The summed E-state index contributed by atoms with van der Waals surface area (Å²) in [6.07, 6.45) is 0. The van der Waals surface area contributed by atoms with Crippen LogP contribution in [0.1, 0.15) is 0 Å². The number of aromatic hydroxyl groups is 4. The summed E-state index contributed by atoms with van der Waals surface area (Å²) >= 11 is 0. The summed E-state index contributed by atoms with van der Waals surface area (Å²) in [5, 5.41) is 72.2. The van der Waals surface area contributed by atoms with Crippen LogP contribution in [0.15, 0.2) is 118 Å². The normalized spacial score (nSPS) is 12.3. The second-order valence-electron chi connectivity index (χ2n) is 12.5. The van der Waals surface area contributed by atoms with E-state index in [4.69, 9.17) is 9.47 Å². The van der Waals surface area contributed by atoms with Crippen molar-refractivity contribution >= 4 is 96.1 Å². The number of rotatable bonds is 12. The van der Waals surface area contributed by atoms with Crippen molar-refractivity contribution in [3.05, 3.63) is 78.0 Å². The maximum absolute atomic E-state index is 13.1. The zero-order valence-corrected chi connectivity index (χ0v) is 46.4. The molecule has 0 aromatic heterocycles. The van der Waals surface area contributed by atoms with Crippen LogP contribution in [-0.2, 0) is 40.5 Å². The Morgan fingerprint density at radius 2 is 0.896 bits per heavy atom. The summed E-state index contributed by atoms with van der Waals surface area (Å²) in [5.41, 5.74) is -2.72. The largest absolute Gasteiger partial charge is 1.00 e. The van der Waals surface area contributed by atoms with E-state index in [1.807, 2.05) is 0 Å². The molecule has 0 heterocycles. The molecule has 6 aromatic carbocycles.